The van der Waals surface area contributed by atoms with E-state index in [1.807, 2.05) is 26.8 Å². The zero-order valence-electron chi connectivity index (χ0n) is 16.8. The molecule has 2 saturated heterocycles. The van der Waals surface area contributed by atoms with E-state index in [2.05, 4.69) is 19.8 Å². The van der Waals surface area contributed by atoms with Gasteiger partial charge in [-0.05, 0) is 31.7 Å². The summed E-state index contributed by atoms with van der Waals surface area (Å²) >= 11 is 0. The third-order valence-corrected chi connectivity index (χ3v) is 5.57. The molecule has 2 aliphatic rings. The smallest absolute Gasteiger partial charge is 0.374 e. The minimum Gasteiger partial charge on any atom is -0.475 e. The molecule has 2 fully saturated rings. The molecule has 7 nitrogen and oxygen atoms in total. The summed E-state index contributed by atoms with van der Waals surface area (Å²) in [5.74, 6) is 0.306. The lowest BCUT2D eigenvalue weighted by Crippen LogP contribution is -2.39. The maximum Gasteiger partial charge on any atom is 0.374 e. The monoisotopic (exact) mass is 376 g/mol. The van der Waals surface area contributed by atoms with Gasteiger partial charge in [-0.2, -0.15) is 0 Å². The molecule has 0 aromatic carbocycles. The Morgan fingerprint density at radius 1 is 1.19 bits per heavy atom. The predicted molar refractivity (Wildman–Crippen MR) is 105 cm³/mol. The number of aromatic nitrogens is 2. The van der Waals surface area contributed by atoms with Crippen LogP contribution in [0.15, 0.2) is 6.07 Å². The third kappa shape index (κ3) is 5.39. The number of hydrogen-bond acceptors (Lipinski definition) is 6. The number of anilines is 1. The van der Waals surface area contributed by atoms with Gasteiger partial charge >= 0.3 is 5.97 Å². The van der Waals surface area contributed by atoms with Gasteiger partial charge in [-0.3, -0.25) is 4.90 Å². The van der Waals surface area contributed by atoms with E-state index in [4.69, 9.17) is 4.74 Å². The molecule has 0 unspecified atom stereocenters. The van der Waals surface area contributed by atoms with Crippen LogP contribution in [0, 0.1) is 5.92 Å². The highest BCUT2D eigenvalue weighted by Crippen LogP contribution is 2.28. The fourth-order valence-electron chi connectivity index (χ4n) is 3.72. The molecule has 0 amide bonds. The summed E-state index contributed by atoms with van der Waals surface area (Å²) in [6.07, 6.45) is 3.48. The minimum absolute atomic E-state index is 0.105. The Hall–Kier alpha value is -1.73. The Balaban J connectivity index is 1.60. The van der Waals surface area contributed by atoms with Crippen molar-refractivity contribution in [3.8, 4) is 0 Å². The molecule has 1 aromatic heterocycles. The first-order valence-electron chi connectivity index (χ1n) is 10.0. The predicted octanol–water partition coefficient (Wildman–Crippen LogP) is 2.41. The molecular formula is C20H32N4O3. The number of morpholine rings is 1. The molecule has 150 valence electrons. The first-order valence-corrected chi connectivity index (χ1v) is 10.0. The van der Waals surface area contributed by atoms with Crippen molar-refractivity contribution in [1.82, 2.24) is 14.9 Å². The molecular weight excluding hydrogens is 344 g/mol. The van der Waals surface area contributed by atoms with Gasteiger partial charge in [-0.15, -0.1) is 0 Å². The van der Waals surface area contributed by atoms with E-state index in [1.54, 1.807) is 0 Å². The van der Waals surface area contributed by atoms with Crippen LogP contribution in [0.1, 0.15) is 56.3 Å². The van der Waals surface area contributed by atoms with Gasteiger partial charge in [0, 0.05) is 37.7 Å². The number of carboxylic acids is 1. The number of ether oxygens (including phenoxy) is 1. The standard InChI is InChI=1S/C20H32N4O3/c1-20(2,3)16-14-17(22-18(21-16)19(25)26)24-8-5-15(6-9-24)4-7-23-10-12-27-13-11-23/h14-15H,4-13H2,1-3H3,(H,25,26). The zero-order valence-corrected chi connectivity index (χ0v) is 16.8. The molecule has 0 radical (unpaired) electrons. The Bertz CT molecular complexity index is 645. The maximum atomic E-state index is 11.4. The van der Waals surface area contributed by atoms with Crippen LogP contribution in [0.25, 0.3) is 0 Å². The molecule has 0 spiro atoms. The van der Waals surface area contributed by atoms with Crippen LogP contribution >= 0.6 is 0 Å². The van der Waals surface area contributed by atoms with Crippen molar-refractivity contribution >= 4 is 11.8 Å². The SMILES string of the molecule is CC(C)(C)c1cc(N2CCC(CCN3CCOCC3)CC2)nc(C(=O)O)n1. The van der Waals surface area contributed by atoms with E-state index in [9.17, 15) is 9.90 Å². The molecule has 2 aliphatic heterocycles. The van der Waals surface area contributed by atoms with Crippen LogP contribution in [0.2, 0.25) is 0 Å². The van der Waals surface area contributed by atoms with Crippen molar-refractivity contribution in [3.05, 3.63) is 17.6 Å². The van der Waals surface area contributed by atoms with Crippen LogP contribution in [0.3, 0.4) is 0 Å². The van der Waals surface area contributed by atoms with Gasteiger partial charge in [-0.25, -0.2) is 14.8 Å². The molecule has 0 aliphatic carbocycles. The first kappa shape index (κ1) is 20.0. The summed E-state index contributed by atoms with van der Waals surface area (Å²) in [6.45, 7) is 12.9. The maximum absolute atomic E-state index is 11.4. The lowest BCUT2D eigenvalue weighted by atomic mass is 9.91. The van der Waals surface area contributed by atoms with Crippen molar-refractivity contribution < 1.29 is 14.6 Å². The summed E-state index contributed by atoms with van der Waals surface area (Å²) in [6, 6.07) is 1.96. The van der Waals surface area contributed by atoms with E-state index in [0.717, 1.165) is 76.2 Å². The second-order valence-corrected chi connectivity index (χ2v) is 8.66. The number of carbonyl (C=O) groups is 1. The average Bonchev–Trinajstić information content (AvgIpc) is 2.66. The molecule has 27 heavy (non-hydrogen) atoms. The van der Waals surface area contributed by atoms with Gasteiger partial charge in [0.1, 0.15) is 5.82 Å². The second-order valence-electron chi connectivity index (χ2n) is 8.66. The zero-order chi connectivity index (χ0) is 19.4. The summed E-state index contributed by atoms with van der Waals surface area (Å²) in [7, 11) is 0. The minimum atomic E-state index is -1.07. The molecule has 7 heteroatoms. The Labute approximate surface area is 161 Å². The van der Waals surface area contributed by atoms with Crippen molar-refractivity contribution in [2.75, 3.05) is 50.8 Å². The summed E-state index contributed by atoms with van der Waals surface area (Å²) < 4.78 is 5.41. The van der Waals surface area contributed by atoms with Gasteiger partial charge in [0.05, 0.1) is 18.9 Å². The highest BCUT2D eigenvalue weighted by atomic mass is 16.5. The Kier molecular flexibility index (Phi) is 6.32. The number of piperidine rings is 1. The van der Waals surface area contributed by atoms with E-state index in [1.165, 1.54) is 6.42 Å². The van der Waals surface area contributed by atoms with Crippen molar-refractivity contribution in [2.45, 2.75) is 45.4 Å². The molecule has 0 saturated carbocycles. The van der Waals surface area contributed by atoms with E-state index in [-0.39, 0.29) is 11.2 Å². The molecule has 0 atom stereocenters. The molecule has 1 N–H and O–H groups in total. The number of hydrogen-bond donors (Lipinski definition) is 1. The van der Waals surface area contributed by atoms with Crippen LogP contribution < -0.4 is 4.90 Å². The molecule has 1 aromatic rings. The molecule has 0 bridgehead atoms. The van der Waals surface area contributed by atoms with Gasteiger partial charge in [0.25, 0.3) is 0 Å². The average molecular weight is 377 g/mol. The fraction of sp³-hybridized carbons (Fsp3) is 0.750. The van der Waals surface area contributed by atoms with Gasteiger partial charge < -0.3 is 14.7 Å². The first-order chi connectivity index (χ1) is 12.8. The number of rotatable bonds is 5. The highest BCUT2D eigenvalue weighted by molar-refractivity contribution is 5.83. The topological polar surface area (TPSA) is 78.8 Å². The number of carboxylic acid groups (broad SMARTS) is 1. The fourth-order valence-corrected chi connectivity index (χ4v) is 3.72. The third-order valence-electron chi connectivity index (χ3n) is 5.57. The van der Waals surface area contributed by atoms with Gasteiger partial charge in [0.15, 0.2) is 0 Å². The van der Waals surface area contributed by atoms with Crippen molar-refractivity contribution in [1.29, 1.82) is 0 Å². The summed E-state index contributed by atoms with van der Waals surface area (Å²) in [5.41, 5.74) is 0.567. The molecule has 3 rings (SSSR count). The molecule has 3 heterocycles. The second kappa shape index (κ2) is 8.52. The normalized spacial score (nSPS) is 20.0. The largest absolute Gasteiger partial charge is 0.475 e. The van der Waals surface area contributed by atoms with Gasteiger partial charge in [-0.1, -0.05) is 20.8 Å². The number of aromatic carboxylic acids is 1. The van der Waals surface area contributed by atoms with Crippen LogP contribution in [0.5, 0.6) is 0 Å². The number of nitrogens with zero attached hydrogens (tertiary/aromatic N) is 4. The lowest BCUT2D eigenvalue weighted by molar-refractivity contribution is 0.0349. The van der Waals surface area contributed by atoms with Crippen LogP contribution in [-0.2, 0) is 10.2 Å². The highest BCUT2D eigenvalue weighted by Gasteiger charge is 2.25. The van der Waals surface area contributed by atoms with Crippen LogP contribution in [0.4, 0.5) is 5.82 Å². The van der Waals surface area contributed by atoms with Crippen LogP contribution in [-0.4, -0.2) is 71.9 Å². The van der Waals surface area contributed by atoms with E-state index in [0.29, 0.717) is 0 Å². The Morgan fingerprint density at radius 3 is 2.44 bits per heavy atom. The van der Waals surface area contributed by atoms with E-state index < -0.39 is 5.97 Å². The van der Waals surface area contributed by atoms with Crippen molar-refractivity contribution in [2.24, 2.45) is 5.92 Å². The van der Waals surface area contributed by atoms with E-state index >= 15 is 0 Å². The summed E-state index contributed by atoms with van der Waals surface area (Å²) in [5, 5.41) is 9.38. The summed E-state index contributed by atoms with van der Waals surface area (Å²) in [4.78, 5) is 24.7. The quantitative estimate of drug-likeness (QED) is 0.845. The lowest BCUT2D eigenvalue weighted by Gasteiger charge is -2.35. The van der Waals surface area contributed by atoms with Crippen molar-refractivity contribution in [3.63, 3.8) is 0 Å². The van der Waals surface area contributed by atoms with Gasteiger partial charge in [0.2, 0.25) is 5.82 Å². The Morgan fingerprint density at radius 2 is 1.85 bits per heavy atom.